The Hall–Kier alpha value is -2.41. The van der Waals surface area contributed by atoms with E-state index < -0.39 is 33.7 Å². The summed E-state index contributed by atoms with van der Waals surface area (Å²) in [5.74, 6) is -1.60. The topological polar surface area (TPSA) is 166 Å². The van der Waals surface area contributed by atoms with Gasteiger partial charge in [-0.15, -0.1) is 0 Å². The van der Waals surface area contributed by atoms with Gasteiger partial charge in [0.15, 0.2) is 9.84 Å². The number of amides is 2. The van der Waals surface area contributed by atoms with E-state index in [1.54, 1.807) is 0 Å². The molecule has 2 aliphatic rings. The van der Waals surface area contributed by atoms with Crippen LogP contribution >= 0.6 is 0 Å². The lowest BCUT2D eigenvalue weighted by Crippen LogP contribution is -2.43. The Morgan fingerprint density at radius 2 is 2.06 bits per heavy atom. The van der Waals surface area contributed by atoms with Gasteiger partial charge < -0.3 is 35.7 Å². The predicted octanol–water partition coefficient (Wildman–Crippen LogP) is -0.677. The number of hydrogen-bond acceptors (Lipinski definition) is 9. The number of aliphatic hydroxyl groups excluding tert-OH is 1. The van der Waals surface area contributed by atoms with Crippen LogP contribution in [0.1, 0.15) is 19.3 Å². The highest BCUT2D eigenvalue weighted by atomic mass is 32.2. The first-order valence-electron chi connectivity index (χ1n) is 10.4. The van der Waals surface area contributed by atoms with Crippen LogP contribution in [0, 0.1) is 0 Å². The number of carbonyl (C=O) groups excluding carboxylic acids is 2. The molecule has 2 saturated heterocycles. The molecule has 2 atom stereocenters. The minimum atomic E-state index is -3.87. The van der Waals surface area contributed by atoms with E-state index >= 15 is 0 Å². The van der Waals surface area contributed by atoms with Gasteiger partial charge in [0.05, 0.1) is 23.1 Å². The number of nitrogens with two attached hydrogens (primary N) is 1. The second-order valence-electron chi connectivity index (χ2n) is 8.05. The molecule has 2 heterocycles. The van der Waals surface area contributed by atoms with E-state index in [4.69, 9.17) is 19.9 Å². The van der Waals surface area contributed by atoms with E-state index in [2.05, 4.69) is 10.6 Å². The summed E-state index contributed by atoms with van der Waals surface area (Å²) in [6.45, 7) is 1.69. The van der Waals surface area contributed by atoms with Crippen molar-refractivity contribution < 1.29 is 37.3 Å². The van der Waals surface area contributed by atoms with Crippen LogP contribution in [0.15, 0.2) is 29.2 Å². The van der Waals surface area contributed by atoms with E-state index in [-0.39, 0.29) is 35.5 Å². The Balaban J connectivity index is 1.40. The summed E-state index contributed by atoms with van der Waals surface area (Å²) in [6, 6.07) is 5.35. The van der Waals surface area contributed by atoms with Gasteiger partial charge >= 0.3 is 6.09 Å². The van der Waals surface area contributed by atoms with Crippen LogP contribution in [0.2, 0.25) is 0 Å². The first-order valence-corrected chi connectivity index (χ1v) is 12.0. The zero-order valence-electron chi connectivity index (χ0n) is 17.6. The van der Waals surface area contributed by atoms with Crippen molar-refractivity contribution in [2.45, 2.75) is 41.9 Å². The normalized spacial score (nSPS) is 21.1. The third-order valence-electron chi connectivity index (χ3n) is 5.39. The molecule has 0 unspecified atom stereocenters. The van der Waals surface area contributed by atoms with Gasteiger partial charge in [0, 0.05) is 0 Å². The molecule has 11 nitrogen and oxygen atoms in total. The molecule has 0 saturated carbocycles. The van der Waals surface area contributed by atoms with Crippen LogP contribution in [-0.2, 0) is 24.1 Å². The maximum Gasteiger partial charge on any atom is 0.407 e. The Kier molecular flexibility index (Phi) is 7.93. The lowest BCUT2D eigenvalue weighted by Gasteiger charge is -2.32. The minimum absolute atomic E-state index is 0.121. The molecule has 32 heavy (non-hydrogen) atoms. The van der Waals surface area contributed by atoms with Crippen LogP contribution in [0.3, 0.4) is 0 Å². The first-order chi connectivity index (χ1) is 15.2. The maximum atomic E-state index is 12.1. The summed E-state index contributed by atoms with van der Waals surface area (Å²) >= 11 is 0. The summed E-state index contributed by atoms with van der Waals surface area (Å²) < 4.78 is 40.5. The molecule has 0 aliphatic carbocycles. The van der Waals surface area contributed by atoms with E-state index in [1.807, 2.05) is 0 Å². The summed E-state index contributed by atoms with van der Waals surface area (Å²) in [5, 5.41) is 16.1. The van der Waals surface area contributed by atoms with E-state index in [0.717, 1.165) is 32.4 Å². The molecule has 2 amide bonds. The molecule has 0 aromatic heterocycles. The van der Waals surface area contributed by atoms with Crippen molar-refractivity contribution in [3.05, 3.63) is 24.3 Å². The lowest BCUT2D eigenvalue weighted by molar-refractivity contribution is -0.115. The zero-order chi connectivity index (χ0) is 23.2. The quantitative estimate of drug-likeness (QED) is 0.365. The third-order valence-corrected chi connectivity index (χ3v) is 7.03. The van der Waals surface area contributed by atoms with Gasteiger partial charge in [-0.2, -0.15) is 0 Å². The summed E-state index contributed by atoms with van der Waals surface area (Å²) in [5.41, 5.74) is 4.77. The first kappa shape index (κ1) is 24.2. The fraction of sp³-hybridized carbons (Fsp3) is 0.600. The van der Waals surface area contributed by atoms with Crippen LogP contribution in [0.4, 0.5) is 4.79 Å². The van der Waals surface area contributed by atoms with E-state index in [1.165, 1.54) is 24.3 Å². The number of aliphatic hydroxyl groups is 1. The molecule has 2 aliphatic heterocycles. The van der Waals surface area contributed by atoms with Crippen molar-refractivity contribution in [2.75, 3.05) is 38.7 Å². The second kappa shape index (κ2) is 10.5. The fourth-order valence-corrected chi connectivity index (χ4v) is 4.94. The smallest absolute Gasteiger partial charge is 0.407 e. The molecule has 1 aromatic carbocycles. The number of benzene rings is 1. The third kappa shape index (κ3) is 6.79. The number of hydrogen-bond donors (Lipinski definition) is 4. The number of primary amides is 1. The van der Waals surface area contributed by atoms with Crippen molar-refractivity contribution in [1.29, 1.82) is 0 Å². The summed E-state index contributed by atoms with van der Waals surface area (Å²) in [7, 11) is -3.87. The standard InChI is InChI=1S/C20H29N3O8S/c21-18(25)13-32(27,28)17-3-1-2-16(8-17)29-11-15(24)12-30-19(26)23-14-9-20(31-10-14)4-6-22-7-5-20/h1-3,8,14-15,22,24H,4-7,9-13H2,(H2,21,25)(H,23,26)/t14-,15+/m1/s1. The summed E-state index contributed by atoms with van der Waals surface area (Å²) in [4.78, 5) is 22.8. The van der Waals surface area contributed by atoms with Crippen LogP contribution in [0.5, 0.6) is 5.75 Å². The molecule has 3 rings (SSSR count). The number of piperidine rings is 1. The predicted molar refractivity (Wildman–Crippen MR) is 113 cm³/mol. The molecular weight excluding hydrogens is 442 g/mol. The number of ether oxygens (including phenoxy) is 3. The fourth-order valence-electron chi connectivity index (χ4n) is 3.82. The maximum absolute atomic E-state index is 12.1. The highest BCUT2D eigenvalue weighted by Gasteiger charge is 2.41. The van der Waals surface area contributed by atoms with Crippen molar-refractivity contribution in [1.82, 2.24) is 10.6 Å². The lowest BCUT2D eigenvalue weighted by atomic mass is 9.88. The van der Waals surface area contributed by atoms with Crippen molar-refractivity contribution in [3.63, 3.8) is 0 Å². The molecule has 0 radical (unpaired) electrons. The Morgan fingerprint density at radius 1 is 1.31 bits per heavy atom. The number of carbonyl (C=O) groups is 2. The highest BCUT2D eigenvalue weighted by Crippen LogP contribution is 2.33. The van der Waals surface area contributed by atoms with Gasteiger partial charge in [-0.1, -0.05) is 6.07 Å². The molecule has 1 spiro atoms. The molecule has 2 fully saturated rings. The number of rotatable bonds is 9. The van der Waals surface area contributed by atoms with Crippen LogP contribution < -0.4 is 21.1 Å². The van der Waals surface area contributed by atoms with E-state index in [0.29, 0.717) is 6.61 Å². The molecule has 5 N–H and O–H groups in total. The van der Waals surface area contributed by atoms with Gasteiger partial charge in [-0.25, -0.2) is 13.2 Å². The van der Waals surface area contributed by atoms with Gasteiger partial charge in [-0.05, 0) is 50.6 Å². The summed E-state index contributed by atoms with van der Waals surface area (Å²) in [6.07, 6.45) is 0.762. The van der Waals surface area contributed by atoms with E-state index in [9.17, 15) is 23.1 Å². The molecule has 178 valence electrons. The van der Waals surface area contributed by atoms with Gasteiger partial charge in [0.2, 0.25) is 5.91 Å². The van der Waals surface area contributed by atoms with Crippen molar-refractivity contribution in [3.8, 4) is 5.75 Å². The van der Waals surface area contributed by atoms with Gasteiger partial charge in [0.25, 0.3) is 0 Å². The van der Waals surface area contributed by atoms with Gasteiger partial charge in [-0.3, -0.25) is 4.79 Å². The molecule has 0 bridgehead atoms. The van der Waals surface area contributed by atoms with Crippen LogP contribution in [0.25, 0.3) is 0 Å². The second-order valence-corrected chi connectivity index (χ2v) is 10.0. The van der Waals surface area contributed by atoms with Crippen LogP contribution in [-0.4, -0.2) is 81.9 Å². The Labute approximate surface area is 186 Å². The van der Waals surface area contributed by atoms with Crippen molar-refractivity contribution >= 4 is 21.8 Å². The Morgan fingerprint density at radius 3 is 2.78 bits per heavy atom. The average molecular weight is 472 g/mol. The number of nitrogens with one attached hydrogen (secondary N) is 2. The number of sulfone groups is 1. The minimum Gasteiger partial charge on any atom is -0.491 e. The molecule has 1 aromatic rings. The zero-order valence-corrected chi connectivity index (χ0v) is 18.4. The average Bonchev–Trinajstić information content (AvgIpc) is 3.12. The molecule has 12 heteroatoms. The highest BCUT2D eigenvalue weighted by molar-refractivity contribution is 7.92. The number of alkyl carbamates (subject to hydrolysis) is 1. The van der Waals surface area contributed by atoms with Gasteiger partial charge in [0.1, 0.15) is 30.8 Å². The largest absolute Gasteiger partial charge is 0.491 e. The van der Waals surface area contributed by atoms with Crippen molar-refractivity contribution in [2.24, 2.45) is 5.73 Å². The Bertz CT molecular complexity index is 917. The molecular formula is C20H29N3O8S. The monoisotopic (exact) mass is 471 g/mol. The SMILES string of the molecule is NC(=O)CS(=O)(=O)c1cccc(OC[C@H](O)COC(=O)N[C@H]2COC3(CCNCC3)C2)c1.